The van der Waals surface area contributed by atoms with E-state index in [9.17, 15) is 63.6 Å². The molecule has 6 saturated carbocycles. The van der Waals surface area contributed by atoms with Crippen LogP contribution in [0.5, 0.6) is 0 Å². The van der Waals surface area contributed by atoms with Crippen LogP contribution in [0.2, 0.25) is 0 Å². The van der Waals surface area contributed by atoms with Crippen molar-refractivity contribution in [3.8, 4) is 0 Å². The van der Waals surface area contributed by atoms with E-state index in [0.717, 1.165) is 124 Å². The maximum atomic E-state index is 12.9. The van der Waals surface area contributed by atoms with Gasteiger partial charge >= 0.3 is 12.4 Å². The number of allylic oxidation sites excluding steroid dienone is 6. The smallest absolute Gasteiger partial charge is 0.393 e. The zero-order valence-corrected chi connectivity index (χ0v) is 46.0. The Bertz CT molecular complexity index is 2590. The van der Waals surface area contributed by atoms with Crippen LogP contribution in [0.1, 0.15) is 142 Å². The summed E-state index contributed by atoms with van der Waals surface area (Å²) in [6.07, 6.45) is 9.77. The lowest BCUT2D eigenvalue weighted by molar-refractivity contribution is -0.138. The highest BCUT2D eigenvalue weighted by atomic mass is 32.2. The molecule has 76 heavy (non-hydrogen) atoms. The molecule has 12 atom stereocenters. The Balaban J connectivity index is 0.000000221. The number of halogens is 6. The second kappa shape index (κ2) is 23.5. The van der Waals surface area contributed by atoms with Gasteiger partial charge in [0.15, 0.2) is 19.7 Å². The average Bonchev–Trinajstić information content (AvgIpc) is 3.91. The maximum Gasteiger partial charge on any atom is 0.416 e. The van der Waals surface area contributed by atoms with Gasteiger partial charge in [0, 0.05) is 12.8 Å². The second-order valence-electron chi connectivity index (χ2n) is 23.5. The van der Waals surface area contributed by atoms with E-state index in [-0.39, 0.29) is 44.0 Å². The van der Waals surface area contributed by atoms with Crippen molar-refractivity contribution < 1.29 is 63.6 Å². The number of aliphatic hydroxyl groups excluding tert-OH is 4. The lowest BCUT2D eigenvalue weighted by Gasteiger charge is -2.44. The van der Waals surface area contributed by atoms with Crippen LogP contribution in [0.3, 0.4) is 0 Å². The number of hydrogen-bond donors (Lipinski definition) is 4. The quantitative estimate of drug-likeness (QED) is 0.154. The zero-order chi connectivity index (χ0) is 55.8. The highest BCUT2D eigenvalue weighted by molar-refractivity contribution is 7.91. The molecule has 0 aliphatic heterocycles. The van der Waals surface area contributed by atoms with Gasteiger partial charge in [0.2, 0.25) is 0 Å². The maximum absolute atomic E-state index is 12.9. The molecule has 2 aromatic rings. The highest BCUT2D eigenvalue weighted by Gasteiger charge is 2.52. The minimum Gasteiger partial charge on any atom is -0.393 e. The first-order chi connectivity index (χ1) is 35.4. The molecule has 0 bridgehead atoms. The van der Waals surface area contributed by atoms with E-state index in [1.54, 1.807) is 0 Å². The number of benzene rings is 2. The van der Waals surface area contributed by atoms with E-state index in [1.807, 2.05) is 12.2 Å². The van der Waals surface area contributed by atoms with Crippen molar-refractivity contribution in [2.75, 3.05) is 11.5 Å². The van der Waals surface area contributed by atoms with E-state index in [0.29, 0.717) is 73.3 Å². The van der Waals surface area contributed by atoms with E-state index >= 15 is 0 Å². The molecule has 0 saturated heterocycles. The lowest BCUT2D eigenvalue weighted by atomic mass is 9.61. The Labute approximate surface area is 446 Å². The molecule has 0 amide bonds. The Kier molecular flexibility index (Phi) is 18.5. The number of alkyl halides is 6. The first-order valence-electron chi connectivity index (χ1n) is 27.1. The van der Waals surface area contributed by atoms with Gasteiger partial charge in [-0.3, -0.25) is 0 Å². The van der Waals surface area contributed by atoms with Gasteiger partial charge in [-0.25, -0.2) is 16.8 Å². The second-order valence-corrected chi connectivity index (χ2v) is 27.8. The molecule has 8 rings (SSSR count). The van der Waals surface area contributed by atoms with E-state index in [1.165, 1.54) is 11.1 Å². The van der Waals surface area contributed by atoms with Crippen molar-refractivity contribution in [3.63, 3.8) is 0 Å². The summed E-state index contributed by atoms with van der Waals surface area (Å²) in [6, 6.07) is 7.54. The molecule has 6 aliphatic rings. The fourth-order valence-electron chi connectivity index (χ4n) is 14.4. The first-order valence-corrected chi connectivity index (χ1v) is 30.4. The fourth-order valence-corrected chi connectivity index (χ4v) is 17.3. The van der Waals surface area contributed by atoms with Gasteiger partial charge in [-0.05, 0) is 207 Å². The average molecular weight is 1110 g/mol. The molecule has 2 aromatic carbocycles. The number of rotatable bonds is 12. The summed E-state index contributed by atoms with van der Waals surface area (Å²) in [5.41, 5.74) is 4.31. The summed E-state index contributed by atoms with van der Waals surface area (Å²) in [4.78, 5) is -0.132. The molecule has 8 nitrogen and oxygen atoms in total. The molecule has 0 spiro atoms. The summed E-state index contributed by atoms with van der Waals surface area (Å²) in [7, 11) is -7.36. The van der Waals surface area contributed by atoms with Crippen molar-refractivity contribution in [1.82, 2.24) is 0 Å². The Morgan fingerprint density at radius 2 is 0.921 bits per heavy atom. The van der Waals surface area contributed by atoms with Gasteiger partial charge < -0.3 is 20.4 Å². The Hall–Kier alpha value is -3.80. The van der Waals surface area contributed by atoms with Crippen LogP contribution >= 0.6 is 0 Å². The number of aliphatic hydroxyl groups is 4. The molecule has 6 aliphatic carbocycles. The molecule has 4 N–H and O–H groups in total. The fraction of sp³-hybridized carbons (Fsp3) is 0.600. The van der Waals surface area contributed by atoms with Crippen LogP contribution < -0.4 is 0 Å². The summed E-state index contributed by atoms with van der Waals surface area (Å²) in [5.74, 6) is 1.68. The molecule has 420 valence electrons. The van der Waals surface area contributed by atoms with Crippen LogP contribution in [0, 0.1) is 46.3 Å². The van der Waals surface area contributed by atoms with Gasteiger partial charge in [-0.2, -0.15) is 26.3 Å². The highest BCUT2D eigenvalue weighted by Crippen LogP contribution is 2.61. The third-order valence-electron chi connectivity index (χ3n) is 18.7. The van der Waals surface area contributed by atoms with E-state index in [2.05, 4.69) is 53.0 Å². The van der Waals surface area contributed by atoms with Crippen LogP contribution in [-0.2, 0) is 32.0 Å². The predicted octanol–water partition coefficient (Wildman–Crippen LogP) is 13.3. The summed E-state index contributed by atoms with van der Waals surface area (Å²) >= 11 is 0. The molecular weight excluding hydrogens is 1030 g/mol. The van der Waals surface area contributed by atoms with Gasteiger partial charge in [-0.1, -0.05) is 76.3 Å². The summed E-state index contributed by atoms with van der Waals surface area (Å²) < 4.78 is 129. The van der Waals surface area contributed by atoms with Crippen molar-refractivity contribution in [1.29, 1.82) is 0 Å². The molecule has 0 aromatic heterocycles. The lowest BCUT2D eigenvalue weighted by Crippen LogP contribution is -2.36. The minimum atomic E-state index is -4.50. The predicted molar refractivity (Wildman–Crippen MR) is 284 cm³/mol. The standard InChI is InChI=1S/2C30H39F3O4S/c2*1-19(14-16-38(36,37)25-10-8-23(9-11-25)30(31,32)33)26-12-13-27-21(5-4-15-29(26,27)3)6-7-22-17-24(34)18-28(35)20(22)2/h2*6-11,19,24,26-28,34-35H,2,4-5,12-18H2,1,3H3/b2*21-6+,22-7-/t19-,24+,26-,27+,28-,29-;19-,24-,26-,27+,28+,29-/m11/s1. The normalized spacial score (nSPS) is 33.5. The topological polar surface area (TPSA) is 149 Å². The van der Waals surface area contributed by atoms with Crippen LogP contribution in [0.15, 0.2) is 129 Å². The largest absolute Gasteiger partial charge is 0.416 e. The van der Waals surface area contributed by atoms with E-state index in [4.69, 9.17) is 0 Å². The first kappa shape index (κ1) is 59.9. The molecular formula is C60H78F6O8S2. The third-order valence-corrected chi connectivity index (χ3v) is 22.3. The molecule has 0 unspecified atom stereocenters. The zero-order valence-electron chi connectivity index (χ0n) is 44.3. The van der Waals surface area contributed by atoms with Crippen LogP contribution in [0.4, 0.5) is 26.3 Å². The molecule has 16 heteroatoms. The number of hydrogen-bond acceptors (Lipinski definition) is 8. The van der Waals surface area contributed by atoms with Crippen molar-refractivity contribution in [2.45, 2.75) is 177 Å². The molecule has 6 fully saturated rings. The third kappa shape index (κ3) is 13.4. The van der Waals surface area contributed by atoms with Crippen molar-refractivity contribution in [2.24, 2.45) is 46.3 Å². The van der Waals surface area contributed by atoms with Gasteiger partial charge in [0.1, 0.15) is 0 Å². The Morgan fingerprint density at radius 1 is 0.579 bits per heavy atom. The van der Waals surface area contributed by atoms with Crippen molar-refractivity contribution in [3.05, 3.63) is 131 Å². The molecule has 0 radical (unpaired) electrons. The van der Waals surface area contributed by atoms with Crippen LogP contribution in [-0.4, -0.2) is 73.2 Å². The van der Waals surface area contributed by atoms with Gasteiger partial charge in [-0.15, -0.1) is 0 Å². The summed E-state index contributed by atoms with van der Waals surface area (Å²) in [6.45, 7) is 16.9. The van der Waals surface area contributed by atoms with Crippen LogP contribution in [0.25, 0.3) is 0 Å². The minimum absolute atomic E-state index is 0.0583. The monoisotopic (exact) mass is 1100 g/mol. The van der Waals surface area contributed by atoms with Crippen molar-refractivity contribution >= 4 is 19.7 Å². The SMILES string of the molecule is C=C1/C(=C\C=C2/CCC[C@]3(C)[C@@H]([C@H](C)CCS(=O)(=O)c4ccc(C(F)(F)F)cc4)CC[C@@H]23)C[C@@H](O)C[C@@H]1O.C=C1/C(=C\C=C2/CCC[C@]3(C)[C@@H]([C@H](C)CCS(=O)(=O)c4ccc(C(F)(F)F)cc4)CC[C@@H]23)C[C@H](O)C[C@H]1O. The number of fused-ring (bicyclic) bond motifs is 2. The van der Waals surface area contributed by atoms with Gasteiger partial charge in [0.25, 0.3) is 0 Å². The number of sulfone groups is 2. The Morgan fingerprint density at radius 3 is 1.25 bits per heavy atom. The van der Waals surface area contributed by atoms with Gasteiger partial charge in [0.05, 0.1) is 56.8 Å². The summed E-state index contributed by atoms with van der Waals surface area (Å²) in [5, 5.41) is 40.4. The molecule has 0 heterocycles. The van der Waals surface area contributed by atoms with E-state index < -0.39 is 67.6 Å².